The number of H-pyrrole nitrogens is 2. The minimum atomic E-state index is -0.524. The molecule has 0 radical (unpaired) electrons. The standard InChI is InChI=1S/C23H19N3O6S2/c1-8-14(18-12(33-8)6-10(24-18)22(29)31-4)16-17(21(28)26(3)20(16)27)15-9(2)34-13-7-11(23(30)32-5)25-19(13)15/h6-7,24-25H,1-5H3. The van der Waals surface area contributed by atoms with E-state index < -0.39 is 23.8 Å². The van der Waals surface area contributed by atoms with Crippen molar-refractivity contribution in [1.82, 2.24) is 14.9 Å². The molecular formula is C23H19N3O6S2. The molecule has 1 aliphatic heterocycles. The van der Waals surface area contributed by atoms with Gasteiger partial charge in [-0.3, -0.25) is 14.5 Å². The number of nitrogens with one attached hydrogen (secondary N) is 2. The van der Waals surface area contributed by atoms with Gasteiger partial charge >= 0.3 is 11.9 Å². The van der Waals surface area contributed by atoms with Gasteiger partial charge in [-0.25, -0.2) is 9.59 Å². The lowest BCUT2D eigenvalue weighted by atomic mass is 9.96. The van der Waals surface area contributed by atoms with Crippen molar-refractivity contribution in [3.63, 3.8) is 0 Å². The SMILES string of the molecule is COC(=O)c1cc2sc(C)c(C3=C(c4c(C)sc5cc(C(=O)OC)[nH]c45)C(=O)N(C)C3=O)c2[nH]1. The number of likely N-dealkylation sites (N-methyl/N-ethyl adjacent to an activating group) is 1. The van der Waals surface area contributed by atoms with E-state index in [1.807, 2.05) is 13.8 Å². The minimum Gasteiger partial charge on any atom is -0.464 e. The summed E-state index contributed by atoms with van der Waals surface area (Å²) in [6.45, 7) is 3.73. The summed E-state index contributed by atoms with van der Waals surface area (Å²) in [5.74, 6) is -1.92. The second-order valence-corrected chi connectivity index (χ2v) is 10.3. The lowest BCUT2D eigenvalue weighted by molar-refractivity contribution is -0.134. The molecule has 0 saturated carbocycles. The number of fused-ring (bicyclic) bond motifs is 2. The third kappa shape index (κ3) is 2.97. The van der Waals surface area contributed by atoms with Crippen LogP contribution in [0.25, 0.3) is 31.6 Å². The molecule has 5 heterocycles. The van der Waals surface area contributed by atoms with Gasteiger partial charge in [0.1, 0.15) is 11.4 Å². The summed E-state index contributed by atoms with van der Waals surface area (Å²) in [5.41, 5.74) is 3.38. The van der Waals surface area contributed by atoms with E-state index in [0.29, 0.717) is 22.2 Å². The maximum absolute atomic E-state index is 13.4. The van der Waals surface area contributed by atoms with E-state index >= 15 is 0 Å². The number of rotatable bonds is 4. The summed E-state index contributed by atoms with van der Waals surface area (Å²) in [6.07, 6.45) is 0. The minimum absolute atomic E-state index is 0.256. The summed E-state index contributed by atoms with van der Waals surface area (Å²) in [6, 6.07) is 3.35. The normalized spacial score (nSPS) is 14.2. The van der Waals surface area contributed by atoms with Gasteiger partial charge in [0.05, 0.1) is 45.8 Å². The van der Waals surface area contributed by atoms with Gasteiger partial charge in [0.25, 0.3) is 11.8 Å². The Hall–Kier alpha value is -3.70. The van der Waals surface area contributed by atoms with E-state index in [0.717, 1.165) is 24.1 Å². The van der Waals surface area contributed by atoms with Gasteiger partial charge in [0, 0.05) is 27.9 Å². The van der Waals surface area contributed by atoms with Crippen LogP contribution in [0.5, 0.6) is 0 Å². The number of thiophene rings is 2. The predicted octanol–water partition coefficient (Wildman–Crippen LogP) is 3.87. The molecule has 0 saturated heterocycles. The highest BCUT2D eigenvalue weighted by Crippen LogP contribution is 2.46. The fourth-order valence-corrected chi connectivity index (χ4v) is 6.47. The quantitative estimate of drug-likeness (QED) is 0.326. The molecule has 11 heteroatoms. The number of carbonyl (C=O) groups is 4. The first-order valence-electron chi connectivity index (χ1n) is 10.2. The zero-order chi connectivity index (χ0) is 24.5. The Labute approximate surface area is 201 Å². The molecule has 0 aromatic carbocycles. The predicted molar refractivity (Wildman–Crippen MR) is 129 cm³/mol. The molecule has 34 heavy (non-hydrogen) atoms. The molecule has 0 aliphatic carbocycles. The third-order valence-electron chi connectivity index (χ3n) is 5.89. The molecule has 174 valence electrons. The Morgan fingerprint density at radius 1 is 0.794 bits per heavy atom. The second kappa shape index (κ2) is 7.67. The first-order valence-corrected chi connectivity index (χ1v) is 11.8. The number of aromatic amines is 2. The van der Waals surface area contributed by atoms with Crippen LogP contribution in [0.15, 0.2) is 12.1 Å². The van der Waals surface area contributed by atoms with Crippen LogP contribution in [0.1, 0.15) is 41.9 Å². The van der Waals surface area contributed by atoms with Crippen molar-refractivity contribution in [3.8, 4) is 0 Å². The van der Waals surface area contributed by atoms with E-state index in [1.165, 1.54) is 43.9 Å². The smallest absolute Gasteiger partial charge is 0.354 e. The fourth-order valence-electron chi connectivity index (χ4n) is 4.33. The van der Waals surface area contributed by atoms with Gasteiger partial charge in [0.15, 0.2) is 0 Å². The van der Waals surface area contributed by atoms with Crippen LogP contribution >= 0.6 is 22.7 Å². The highest BCUT2D eigenvalue weighted by atomic mass is 32.1. The molecule has 0 spiro atoms. The van der Waals surface area contributed by atoms with Crippen LogP contribution in [-0.4, -0.2) is 59.9 Å². The van der Waals surface area contributed by atoms with Gasteiger partial charge in [-0.05, 0) is 26.0 Å². The van der Waals surface area contributed by atoms with Gasteiger partial charge in [-0.15, -0.1) is 22.7 Å². The number of nitrogens with zero attached hydrogens (tertiary/aromatic N) is 1. The van der Waals surface area contributed by atoms with Crippen molar-refractivity contribution < 1.29 is 28.7 Å². The molecule has 2 N–H and O–H groups in total. The average Bonchev–Trinajstić information content (AvgIpc) is 3.57. The Morgan fingerprint density at radius 3 is 1.53 bits per heavy atom. The molecule has 0 atom stereocenters. The molecule has 0 fully saturated rings. The van der Waals surface area contributed by atoms with Crippen LogP contribution in [0.4, 0.5) is 0 Å². The Morgan fingerprint density at radius 2 is 1.18 bits per heavy atom. The Balaban J connectivity index is 1.82. The molecular weight excluding hydrogens is 478 g/mol. The molecule has 1 aliphatic rings. The van der Waals surface area contributed by atoms with Crippen LogP contribution in [0, 0.1) is 13.8 Å². The number of hydrogen-bond donors (Lipinski definition) is 2. The van der Waals surface area contributed by atoms with Gasteiger partial charge in [0.2, 0.25) is 0 Å². The monoisotopic (exact) mass is 497 g/mol. The van der Waals surface area contributed by atoms with Crippen molar-refractivity contribution in [1.29, 1.82) is 0 Å². The molecule has 4 aromatic rings. The van der Waals surface area contributed by atoms with Crippen molar-refractivity contribution in [3.05, 3.63) is 44.4 Å². The first kappa shape index (κ1) is 22.1. The van der Waals surface area contributed by atoms with Crippen molar-refractivity contribution in [2.75, 3.05) is 21.3 Å². The maximum atomic E-state index is 13.4. The van der Waals surface area contributed by atoms with Gasteiger partial charge in [-0.1, -0.05) is 0 Å². The van der Waals surface area contributed by atoms with E-state index in [-0.39, 0.29) is 22.5 Å². The highest BCUT2D eigenvalue weighted by Gasteiger charge is 2.41. The summed E-state index contributed by atoms with van der Waals surface area (Å²) in [4.78, 5) is 59.8. The van der Waals surface area contributed by atoms with Crippen molar-refractivity contribution >= 4 is 78.0 Å². The van der Waals surface area contributed by atoms with E-state index in [9.17, 15) is 19.2 Å². The Bertz CT molecular complexity index is 1480. The zero-order valence-electron chi connectivity index (χ0n) is 18.9. The van der Waals surface area contributed by atoms with E-state index in [4.69, 9.17) is 9.47 Å². The third-order valence-corrected chi connectivity index (χ3v) is 8.00. The molecule has 4 aromatic heterocycles. The number of hydrogen-bond acceptors (Lipinski definition) is 8. The van der Waals surface area contributed by atoms with Gasteiger partial charge in [-0.2, -0.15) is 0 Å². The van der Waals surface area contributed by atoms with Crippen molar-refractivity contribution in [2.24, 2.45) is 0 Å². The molecule has 5 rings (SSSR count). The summed E-state index contributed by atoms with van der Waals surface area (Å²) in [7, 11) is 4.03. The zero-order valence-corrected chi connectivity index (χ0v) is 20.5. The second-order valence-electron chi connectivity index (χ2n) is 7.81. The fraction of sp³-hybridized carbons (Fsp3) is 0.217. The van der Waals surface area contributed by atoms with Crippen LogP contribution in [0.2, 0.25) is 0 Å². The molecule has 0 unspecified atom stereocenters. The molecule has 0 bridgehead atoms. The Kier molecular flexibility index (Phi) is 4.99. The number of esters is 2. The van der Waals surface area contributed by atoms with Crippen LogP contribution < -0.4 is 0 Å². The number of imide groups is 1. The van der Waals surface area contributed by atoms with E-state index in [2.05, 4.69) is 9.97 Å². The molecule has 2 amide bonds. The van der Waals surface area contributed by atoms with Crippen molar-refractivity contribution in [2.45, 2.75) is 13.8 Å². The lowest BCUT2D eigenvalue weighted by Crippen LogP contribution is -2.26. The lowest BCUT2D eigenvalue weighted by Gasteiger charge is -2.06. The van der Waals surface area contributed by atoms with Crippen LogP contribution in [-0.2, 0) is 19.1 Å². The number of aromatic nitrogens is 2. The first-order chi connectivity index (χ1) is 16.2. The number of ether oxygens (including phenoxy) is 2. The highest BCUT2D eigenvalue weighted by molar-refractivity contribution is 7.20. The van der Waals surface area contributed by atoms with E-state index in [1.54, 1.807) is 12.1 Å². The number of aryl methyl sites for hydroxylation is 2. The van der Waals surface area contributed by atoms with Crippen LogP contribution in [0.3, 0.4) is 0 Å². The largest absolute Gasteiger partial charge is 0.464 e. The van der Waals surface area contributed by atoms with Gasteiger partial charge < -0.3 is 19.4 Å². The summed E-state index contributed by atoms with van der Waals surface area (Å²) in [5, 5.41) is 0. The number of carbonyl (C=O) groups excluding carboxylic acids is 4. The summed E-state index contributed by atoms with van der Waals surface area (Å²) >= 11 is 2.83. The maximum Gasteiger partial charge on any atom is 0.354 e. The topological polar surface area (TPSA) is 122 Å². The molecule has 9 nitrogen and oxygen atoms in total. The number of methoxy groups -OCH3 is 2. The number of amides is 2. The summed E-state index contributed by atoms with van der Waals surface area (Å²) < 4.78 is 11.2. The average molecular weight is 498 g/mol.